The SMILES string of the molecule is CCCC(CCC(=O)O)C(=O)N1CCN(C)CC1. The normalized spacial score (nSPS) is 18.7. The summed E-state index contributed by atoms with van der Waals surface area (Å²) < 4.78 is 0. The number of hydrogen-bond donors (Lipinski definition) is 1. The van der Waals surface area contributed by atoms with Crippen molar-refractivity contribution in [2.75, 3.05) is 33.2 Å². The molecule has 104 valence electrons. The summed E-state index contributed by atoms with van der Waals surface area (Å²) in [6.45, 7) is 5.38. The van der Waals surface area contributed by atoms with Crippen molar-refractivity contribution in [1.82, 2.24) is 9.80 Å². The average Bonchev–Trinajstić information content (AvgIpc) is 2.34. The third-order valence-corrected chi connectivity index (χ3v) is 3.51. The van der Waals surface area contributed by atoms with Gasteiger partial charge in [-0.15, -0.1) is 0 Å². The van der Waals surface area contributed by atoms with Gasteiger partial charge in [-0.1, -0.05) is 13.3 Å². The second kappa shape index (κ2) is 7.36. The molecule has 1 N–H and O–H groups in total. The van der Waals surface area contributed by atoms with E-state index in [1.165, 1.54) is 0 Å². The van der Waals surface area contributed by atoms with Gasteiger partial charge in [0.25, 0.3) is 0 Å². The number of piperazine rings is 1. The number of amides is 1. The lowest BCUT2D eigenvalue weighted by Gasteiger charge is -2.34. The molecule has 1 aliphatic rings. The summed E-state index contributed by atoms with van der Waals surface area (Å²) in [7, 11) is 2.05. The predicted octanol–water partition coefficient (Wildman–Crippen LogP) is 1.04. The van der Waals surface area contributed by atoms with Crippen molar-refractivity contribution in [3.05, 3.63) is 0 Å². The van der Waals surface area contributed by atoms with Gasteiger partial charge in [-0.25, -0.2) is 0 Å². The molecule has 0 aromatic heterocycles. The molecule has 0 bridgehead atoms. The molecule has 5 heteroatoms. The molecule has 1 saturated heterocycles. The summed E-state index contributed by atoms with van der Waals surface area (Å²) in [5.41, 5.74) is 0. The van der Waals surface area contributed by atoms with Crippen molar-refractivity contribution in [3.63, 3.8) is 0 Å². The second-order valence-electron chi connectivity index (χ2n) is 5.05. The third kappa shape index (κ3) is 4.64. The monoisotopic (exact) mass is 256 g/mol. The number of carboxylic acids is 1. The fraction of sp³-hybridized carbons (Fsp3) is 0.846. The van der Waals surface area contributed by atoms with Gasteiger partial charge in [0.05, 0.1) is 0 Å². The maximum Gasteiger partial charge on any atom is 0.303 e. The molecule has 1 aliphatic heterocycles. The van der Waals surface area contributed by atoms with Crippen molar-refractivity contribution in [2.24, 2.45) is 5.92 Å². The van der Waals surface area contributed by atoms with E-state index in [9.17, 15) is 9.59 Å². The highest BCUT2D eigenvalue weighted by molar-refractivity contribution is 5.79. The topological polar surface area (TPSA) is 60.9 Å². The van der Waals surface area contributed by atoms with Gasteiger partial charge in [0.2, 0.25) is 5.91 Å². The molecule has 0 aliphatic carbocycles. The van der Waals surface area contributed by atoms with Crippen molar-refractivity contribution in [2.45, 2.75) is 32.6 Å². The Kier molecular flexibility index (Phi) is 6.12. The Labute approximate surface area is 109 Å². The van der Waals surface area contributed by atoms with Crippen LogP contribution in [0.1, 0.15) is 32.6 Å². The molecule has 0 aromatic carbocycles. The standard InChI is InChI=1S/C13H24N2O3/c1-3-4-11(5-6-12(16)17)13(18)15-9-7-14(2)8-10-15/h11H,3-10H2,1-2H3,(H,16,17). The van der Waals surface area contributed by atoms with Crippen molar-refractivity contribution >= 4 is 11.9 Å². The molecule has 5 nitrogen and oxygen atoms in total. The number of carbonyl (C=O) groups excluding carboxylic acids is 1. The van der Waals surface area contributed by atoms with Crippen LogP contribution in [0.25, 0.3) is 0 Å². The van der Waals surface area contributed by atoms with E-state index in [1.807, 2.05) is 11.8 Å². The van der Waals surface area contributed by atoms with Crippen LogP contribution in [0, 0.1) is 5.92 Å². The number of hydrogen-bond acceptors (Lipinski definition) is 3. The van der Waals surface area contributed by atoms with E-state index in [0.717, 1.165) is 39.0 Å². The van der Waals surface area contributed by atoms with Crippen LogP contribution in [0.5, 0.6) is 0 Å². The first-order valence-corrected chi connectivity index (χ1v) is 6.73. The smallest absolute Gasteiger partial charge is 0.303 e. The molecular weight excluding hydrogens is 232 g/mol. The van der Waals surface area contributed by atoms with Crippen LogP contribution in [-0.4, -0.2) is 60.0 Å². The van der Waals surface area contributed by atoms with E-state index in [0.29, 0.717) is 6.42 Å². The van der Waals surface area contributed by atoms with Crippen molar-refractivity contribution < 1.29 is 14.7 Å². The lowest BCUT2D eigenvalue weighted by Crippen LogP contribution is -2.49. The zero-order chi connectivity index (χ0) is 13.5. The highest BCUT2D eigenvalue weighted by Crippen LogP contribution is 2.18. The van der Waals surface area contributed by atoms with Crippen LogP contribution in [0.3, 0.4) is 0 Å². The molecule has 0 aromatic rings. The lowest BCUT2D eigenvalue weighted by atomic mass is 9.96. The summed E-state index contributed by atoms with van der Waals surface area (Å²) >= 11 is 0. The van der Waals surface area contributed by atoms with Crippen LogP contribution in [0.2, 0.25) is 0 Å². The Bertz CT molecular complexity index is 286. The molecule has 0 spiro atoms. The maximum absolute atomic E-state index is 12.3. The minimum absolute atomic E-state index is 0.0874. The van der Waals surface area contributed by atoms with Crippen LogP contribution < -0.4 is 0 Å². The zero-order valence-corrected chi connectivity index (χ0v) is 11.4. The maximum atomic E-state index is 12.3. The lowest BCUT2D eigenvalue weighted by molar-refractivity contribution is -0.139. The van der Waals surface area contributed by atoms with E-state index < -0.39 is 5.97 Å². The Balaban J connectivity index is 2.50. The van der Waals surface area contributed by atoms with E-state index >= 15 is 0 Å². The Hall–Kier alpha value is -1.10. The van der Waals surface area contributed by atoms with E-state index in [2.05, 4.69) is 11.9 Å². The fourth-order valence-corrected chi connectivity index (χ4v) is 2.32. The Morgan fingerprint density at radius 2 is 1.78 bits per heavy atom. The van der Waals surface area contributed by atoms with Crippen molar-refractivity contribution in [3.8, 4) is 0 Å². The predicted molar refractivity (Wildman–Crippen MR) is 69.3 cm³/mol. The molecule has 0 saturated carbocycles. The van der Waals surface area contributed by atoms with E-state index in [4.69, 9.17) is 5.11 Å². The number of likely N-dealkylation sites (N-methyl/N-ethyl adjacent to an activating group) is 1. The van der Waals surface area contributed by atoms with Crippen LogP contribution >= 0.6 is 0 Å². The van der Waals surface area contributed by atoms with Crippen LogP contribution in [-0.2, 0) is 9.59 Å². The summed E-state index contributed by atoms with van der Waals surface area (Å²) in [6, 6.07) is 0. The van der Waals surface area contributed by atoms with Gasteiger partial charge in [-0.2, -0.15) is 0 Å². The van der Waals surface area contributed by atoms with Gasteiger partial charge < -0.3 is 14.9 Å². The highest BCUT2D eigenvalue weighted by Gasteiger charge is 2.26. The van der Waals surface area contributed by atoms with Gasteiger partial charge >= 0.3 is 5.97 Å². The number of nitrogens with zero attached hydrogens (tertiary/aromatic N) is 2. The number of carboxylic acid groups (broad SMARTS) is 1. The Morgan fingerprint density at radius 1 is 1.17 bits per heavy atom. The Morgan fingerprint density at radius 3 is 2.28 bits per heavy atom. The first-order chi connectivity index (χ1) is 8.54. The number of rotatable bonds is 6. The molecule has 0 radical (unpaired) electrons. The molecule has 1 unspecified atom stereocenters. The summed E-state index contributed by atoms with van der Waals surface area (Å²) in [6.07, 6.45) is 2.26. The number of carbonyl (C=O) groups is 2. The molecule has 1 amide bonds. The van der Waals surface area contributed by atoms with Crippen molar-refractivity contribution in [1.29, 1.82) is 0 Å². The molecular formula is C13H24N2O3. The molecule has 1 rings (SSSR count). The molecule has 18 heavy (non-hydrogen) atoms. The van der Waals surface area contributed by atoms with Gasteiger partial charge in [-0.05, 0) is 19.9 Å². The first kappa shape index (κ1) is 15.0. The quantitative estimate of drug-likeness (QED) is 0.771. The van der Waals surface area contributed by atoms with Crippen LogP contribution in [0.15, 0.2) is 0 Å². The molecule has 1 atom stereocenters. The van der Waals surface area contributed by atoms with Gasteiger partial charge in [0, 0.05) is 38.5 Å². The number of aliphatic carboxylic acids is 1. The summed E-state index contributed by atoms with van der Waals surface area (Å²) in [5, 5.41) is 8.73. The largest absolute Gasteiger partial charge is 0.481 e. The minimum Gasteiger partial charge on any atom is -0.481 e. The zero-order valence-electron chi connectivity index (χ0n) is 11.4. The molecule has 1 fully saturated rings. The minimum atomic E-state index is -0.817. The fourth-order valence-electron chi connectivity index (χ4n) is 2.32. The van der Waals surface area contributed by atoms with Gasteiger partial charge in [-0.3, -0.25) is 9.59 Å². The summed E-state index contributed by atoms with van der Waals surface area (Å²) in [5.74, 6) is -0.789. The first-order valence-electron chi connectivity index (χ1n) is 6.73. The highest BCUT2D eigenvalue weighted by atomic mass is 16.4. The van der Waals surface area contributed by atoms with Crippen LogP contribution in [0.4, 0.5) is 0 Å². The van der Waals surface area contributed by atoms with E-state index in [1.54, 1.807) is 0 Å². The van der Waals surface area contributed by atoms with Gasteiger partial charge in [0.1, 0.15) is 0 Å². The second-order valence-corrected chi connectivity index (χ2v) is 5.05. The summed E-state index contributed by atoms with van der Waals surface area (Å²) in [4.78, 5) is 27.0. The van der Waals surface area contributed by atoms with Gasteiger partial charge in [0.15, 0.2) is 0 Å². The molecule has 1 heterocycles. The third-order valence-electron chi connectivity index (χ3n) is 3.51. The van der Waals surface area contributed by atoms with E-state index in [-0.39, 0.29) is 18.2 Å². The average molecular weight is 256 g/mol.